The normalized spacial score (nSPS) is 15.2. The molecule has 4 aromatic rings. The van der Waals surface area contributed by atoms with Gasteiger partial charge in [0, 0.05) is 31.9 Å². The van der Waals surface area contributed by atoms with E-state index in [-0.39, 0.29) is 6.04 Å². The van der Waals surface area contributed by atoms with Crippen LogP contribution < -0.4 is 14.4 Å². The Labute approximate surface area is 211 Å². The van der Waals surface area contributed by atoms with Crippen molar-refractivity contribution in [3.05, 3.63) is 83.1 Å². The molecule has 2 aromatic carbocycles. The lowest BCUT2D eigenvalue weighted by Crippen LogP contribution is -2.48. The summed E-state index contributed by atoms with van der Waals surface area (Å²) in [7, 11) is 3.30. The largest absolute Gasteiger partial charge is 0.493 e. The zero-order valence-corrected chi connectivity index (χ0v) is 21.2. The monoisotopic (exact) mass is 488 g/mol. The second-order valence-electron chi connectivity index (χ2n) is 9.10. The average molecular weight is 489 g/mol. The third-order valence-electron chi connectivity index (χ3n) is 6.80. The first-order chi connectivity index (χ1) is 17.6. The maximum Gasteiger partial charge on any atom is 0.173 e. The molecule has 2 aromatic heterocycles. The number of hydrogen-bond acceptors (Lipinski definition) is 8. The first kappa shape index (κ1) is 23.9. The second-order valence-corrected chi connectivity index (χ2v) is 9.10. The van der Waals surface area contributed by atoms with E-state index in [0.717, 1.165) is 43.3 Å². The van der Waals surface area contributed by atoms with Crippen molar-refractivity contribution in [1.29, 1.82) is 0 Å². The summed E-state index contributed by atoms with van der Waals surface area (Å²) >= 11 is 0. The molecule has 0 spiro atoms. The van der Waals surface area contributed by atoms with Gasteiger partial charge in [0.2, 0.25) is 0 Å². The molecule has 36 heavy (non-hydrogen) atoms. The first-order valence-electron chi connectivity index (χ1n) is 12.1. The van der Waals surface area contributed by atoms with E-state index >= 15 is 0 Å². The lowest BCUT2D eigenvalue weighted by Gasteiger charge is -2.40. The van der Waals surface area contributed by atoms with Gasteiger partial charge < -0.3 is 18.8 Å². The van der Waals surface area contributed by atoms with Crippen LogP contribution in [-0.2, 0) is 6.54 Å². The van der Waals surface area contributed by atoms with E-state index in [4.69, 9.17) is 13.9 Å². The minimum Gasteiger partial charge on any atom is -0.493 e. The summed E-state index contributed by atoms with van der Waals surface area (Å²) in [5.74, 6) is 2.93. The van der Waals surface area contributed by atoms with Gasteiger partial charge in [-0.15, -0.1) is 5.10 Å². The van der Waals surface area contributed by atoms with E-state index in [1.165, 1.54) is 16.8 Å². The minimum atomic E-state index is -0.157. The highest BCUT2D eigenvalue weighted by molar-refractivity contribution is 5.55. The summed E-state index contributed by atoms with van der Waals surface area (Å²) in [5.41, 5.74) is 4.93. The van der Waals surface area contributed by atoms with Crippen LogP contribution in [0.5, 0.6) is 11.5 Å². The van der Waals surface area contributed by atoms with Crippen LogP contribution >= 0.6 is 0 Å². The zero-order valence-electron chi connectivity index (χ0n) is 21.2. The molecule has 1 saturated heterocycles. The van der Waals surface area contributed by atoms with Crippen LogP contribution in [0.1, 0.15) is 34.3 Å². The molecule has 0 amide bonds. The van der Waals surface area contributed by atoms with E-state index in [1.54, 1.807) is 20.5 Å². The fraction of sp³-hybridized carbons (Fsp3) is 0.370. The summed E-state index contributed by atoms with van der Waals surface area (Å²) < 4.78 is 18.5. The Kier molecular flexibility index (Phi) is 6.90. The summed E-state index contributed by atoms with van der Waals surface area (Å²) in [6.07, 6.45) is 1.66. The summed E-state index contributed by atoms with van der Waals surface area (Å²) in [5, 5.41) is 12.8. The topological polar surface area (TPSA) is 81.7 Å². The highest BCUT2D eigenvalue weighted by atomic mass is 16.5. The molecule has 0 radical (unpaired) electrons. The molecule has 188 valence electrons. The maximum absolute atomic E-state index is 5.62. The predicted molar refractivity (Wildman–Crippen MR) is 137 cm³/mol. The molecule has 1 unspecified atom stereocenters. The van der Waals surface area contributed by atoms with Gasteiger partial charge >= 0.3 is 0 Å². The summed E-state index contributed by atoms with van der Waals surface area (Å²) in [6, 6.07) is 16.3. The summed E-state index contributed by atoms with van der Waals surface area (Å²) in [4.78, 5) is 4.91. The van der Waals surface area contributed by atoms with Gasteiger partial charge in [0.15, 0.2) is 17.3 Å². The molecular formula is C27H32N6O3. The van der Waals surface area contributed by atoms with E-state index in [9.17, 15) is 0 Å². The molecule has 1 atom stereocenters. The Morgan fingerprint density at radius 1 is 0.944 bits per heavy atom. The van der Waals surface area contributed by atoms with Gasteiger partial charge in [-0.25, -0.2) is 4.68 Å². The number of piperazine rings is 1. The molecule has 3 heterocycles. The molecule has 0 aliphatic carbocycles. The third-order valence-corrected chi connectivity index (χ3v) is 6.80. The molecular weight excluding hydrogens is 456 g/mol. The Morgan fingerprint density at radius 2 is 1.75 bits per heavy atom. The van der Waals surface area contributed by atoms with E-state index < -0.39 is 0 Å². The van der Waals surface area contributed by atoms with Crippen LogP contribution in [0.25, 0.3) is 0 Å². The maximum atomic E-state index is 5.62. The van der Waals surface area contributed by atoms with Crippen molar-refractivity contribution in [3.8, 4) is 11.5 Å². The van der Waals surface area contributed by atoms with Crippen LogP contribution in [0, 0.1) is 13.8 Å². The molecule has 5 rings (SSSR count). The average Bonchev–Trinajstić information content (AvgIpc) is 3.59. The van der Waals surface area contributed by atoms with E-state index in [1.807, 2.05) is 28.9 Å². The number of rotatable bonds is 8. The van der Waals surface area contributed by atoms with Gasteiger partial charge in [-0.1, -0.05) is 18.2 Å². The number of furan rings is 1. The van der Waals surface area contributed by atoms with Crippen molar-refractivity contribution < 1.29 is 13.9 Å². The first-order valence-corrected chi connectivity index (χ1v) is 12.1. The van der Waals surface area contributed by atoms with Gasteiger partial charge in [-0.05, 0) is 71.3 Å². The smallest absolute Gasteiger partial charge is 0.173 e. The third kappa shape index (κ3) is 4.79. The van der Waals surface area contributed by atoms with E-state index in [2.05, 4.69) is 63.4 Å². The van der Waals surface area contributed by atoms with Gasteiger partial charge in [0.05, 0.1) is 26.5 Å². The van der Waals surface area contributed by atoms with Crippen molar-refractivity contribution >= 4 is 5.69 Å². The number of aromatic nitrogens is 4. The number of tetrazole rings is 1. The molecule has 0 bridgehead atoms. The van der Waals surface area contributed by atoms with E-state index in [0.29, 0.717) is 18.0 Å². The molecule has 9 nitrogen and oxygen atoms in total. The van der Waals surface area contributed by atoms with Crippen LogP contribution in [0.3, 0.4) is 0 Å². The van der Waals surface area contributed by atoms with Crippen molar-refractivity contribution in [2.24, 2.45) is 0 Å². The Bertz CT molecular complexity index is 1290. The van der Waals surface area contributed by atoms with Crippen molar-refractivity contribution in [2.75, 3.05) is 45.3 Å². The quantitative estimate of drug-likeness (QED) is 0.370. The summed E-state index contributed by atoms with van der Waals surface area (Å²) in [6.45, 7) is 8.32. The van der Waals surface area contributed by atoms with Crippen molar-refractivity contribution in [2.45, 2.75) is 26.4 Å². The van der Waals surface area contributed by atoms with Crippen LogP contribution in [0.15, 0.2) is 59.2 Å². The standard InChI is InChI=1S/C27H32N6O3/c1-19-7-8-20(2)23(16-19)31-11-13-32(14-12-31)26(21-9-10-24(34-3)25(17-21)35-4)27-28-29-30-33(27)18-22-6-5-15-36-22/h5-10,15-17,26H,11-14,18H2,1-4H3. The Hall–Kier alpha value is -3.85. The zero-order chi connectivity index (χ0) is 25.1. The number of aryl methyl sites for hydroxylation is 2. The number of ether oxygens (including phenoxy) is 2. The number of nitrogens with zero attached hydrogens (tertiary/aromatic N) is 6. The number of methoxy groups -OCH3 is 2. The fourth-order valence-electron chi connectivity index (χ4n) is 4.90. The van der Waals surface area contributed by atoms with Crippen LogP contribution in [0.2, 0.25) is 0 Å². The number of anilines is 1. The SMILES string of the molecule is COc1ccc(C(c2nnnn2Cc2ccco2)N2CCN(c3cc(C)ccc3C)CC2)cc1OC. The molecule has 9 heteroatoms. The molecule has 1 aliphatic rings. The number of hydrogen-bond donors (Lipinski definition) is 0. The van der Waals surface area contributed by atoms with Crippen molar-refractivity contribution in [3.63, 3.8) is 0 Å². The Morgan fingerprint density at radius 3 is 2.47 bits per heavy atom. The Balaban J connectivity index is 1.47. The number of benzene rings is 2. The highest BCUT2D eigenvalue weighted by Crippen LogP contribution is 2.35. The van der Waals surface area contributed by atoms with Gasteiger partial charge in [-0.3, -0.25) is 4.90 Å². The highest BCUT2D eigenvalue weighted by Gasteiger charge is 2.32. The molecule has 0 saturated carbocycles. The lowest BCUT2D eigenvalue weighted by atomic mass is 10.0. The predicted octanol–water partition coefficient (Wildman–Crippen LogP) is 3.86. The van der Waals surface area contributed by atoms with Crippen molar-refractivity contribution in [1.82, 2.24) is 25.1 Å². The molecule has 0 N–H and O–H groups in total. The lowest BCUT2D eigenvalue weighted by molar-refractivity contribution is 0.200. The van der Waals surface area contributed by atoms with Crippen LogP contribution in [0.4, 0.5) is 5.69 Å². The van der Waals surface area contributed by atoms with Gasteiger partial charge in [0.25, 0.3) is 0 Å². The van der Waals surface area contributed by atoms with Crippen LogP contribution in [-0.4, -0.2) is 65.5 Å². The van der Waals surface area contributed by atoms with Gasteiger partial charge in [-0.2, -0.15) is 0 Å². The molecule has 1 fully saturated rings. The second kappa shape index (κ2) is 10.4. The van der Waals surface area contributed by atoms with Gasteiger partial charge in [0.1, 0.15) is 12.3 Å². The fourth-order valence-corrected chi connectivity index (χ4v) is 4.90. The minimum absolute atomic E-state index is 0.157. The molecule has 1 aliphatic heterocycles.